The Morgan fingerprint density at radius 2 is 2.00 bits per heavy atom. The van der Waals surface area contributed by atoms with Crippen LogP contribution >= 0.6 is 23.2 Å². The molecule has 0 saturated heterocycles. The van der Waals surface area contributed by atoms with Gasteiger partial charge in [-0.15, -0.1) is 0 Å². The SMILES string of the molecule is CCn1ccnc1CNc1cc(Cl)c(F)c(Cl)c1. The van der Waals surface area contributed by atoms with Crippen molar-refractivity contribution in [2.75, 3.05) is 5.32 Å². The van der Waals surface area contributed by atoms with Gasteiger partial charge in [-0.05, 0) is 19.1 Å². The molecular formula is C12H12Cl2FN3. The quantitative estimate of drug-likeness (QED) is 0.863. The molecule has 0 bridgehead atoms. The number of halogens is 3. The fourth-order valence-corrected chi connectivity index (χ4v) is 2.12. The molecule has 1 N–H and O–H groups in total. The molecule has 0 aliphatic rings. The first-order valence-electron chi connectivity index (χ1n) is 5.50. The lowest BCUT2D eigenvalue weighted by Gasteiger charge is -2.09. The number of nitrogens with one attached hydrogen (secondary N) is 1. The van der Waals surface area contributed by atoms with Gasteiger partial charge < -0.3 is 9.88 Å². The van der Waals surface area contributed by atoms with E-state index < -0.39 is 5.82 Å². The van der Waals surface area contributed by atoms with E-state index in [1.165, 1.54) is 12.1 Å². The van der Waals surface area contributed by atoms with Crippen LogP contribution in [-0.4, -0.2) is 9.55 Å². The molecule has 2 aromatic rings. The molecule has 96 valence electrons. The van der Waals surface area contributed by atoms with E-state index >= 15 is 0 Å². The number of aromatic nitrogens is 2. The van der Waals surface area contributed by atoms with Crippen molar-refractivity contribution in [3.05, 3.63) is 46.2 Å². The first-order valence-corrected chi connectivity index (χ1v) is 6.25. The minimum atomic E-state index is -0.598. The Morgan fingerprint density at radius 3 is 2.61 bits per heavy atom. The first kappa shape index (κ1) is 13.2. The van der Waals surface area contributed by atoms with Gasteiger partial charge in [0.05, 0.1) is 16.6 Å². The second-order valence-corrected chi connectivity index (χ2v) is 4.55. The highest BCUT2D eigenvalue weighted by atomic mass is 35.5. The monoisotopic (exact) mass is 287 g/mol. The van der Waals surface area contributed by atoms with Gasteiger partial charge in [0.2, 0.25) is 0 Å². The van der Waals surface area contributed by atoms with E-state index in [0.29, 0.717) is 12.2 Å². The van der Waals surface area contributed by atoms with E-state index in [0.717, 1.165) is 12.4 Å². The second kappa shape index (κ2) is 5.59. The molecule has 1 aromatic carbocycles. The van der Waals surface area contributed by atoms with Crippen LogP contribution in [0.3, 0.4) is 0 Å². The number of hydrogen-bond donors (Lipinski definition) is 1. The Balaban J connectivity index is 2.11. The fraction of sp³-hybridized carbons (Fsp3) is 0.250. The smallest absolute Gasteiger partial charge is 0.160 e. The average molecular weight is 288 g/mol. The Kier molecular flexibility index (Phi) is 4.09. The number of benzene rings is 1. The van der Waals surface area contributed by atoms with Crippen molar-refractivity contribution < 1.29 is 4.39 Å². The van der Waals surface area contributed by atoms with Gasteiger partial charge in [-0.2, -0.15) is 0 Å². The maximum Gasteiger partial charge on any atom is 0.160 e. The molecule has 0 amide bonds. The third-order valence-electron chi connectivity index (χ3n) is 2.58. The van der Waals surface area contributed by atoms with Gasteiger partial charge in [-0.1, -0.05) is 23.2 Å². The maximum atomic E-state index is 13.2. The molecule has 1 heterocycles. The van der Waals surface area contributed by atoms with Crippen molar-refractivity contribution in [1.29, 1.82) is 0 Å². The third-order valence-corrected chi connectivity index (χ3v) is 3.13. The van der Waals surface area contributed by atoms with Crippen molar-refractivity contribution in [2.45, 2.75) is 20.0 Å². The predicted molar refractivity (Wildman–Crippen MR) is 71.6 cm³/mol. The van der Waals surface area contributed by atoms with Crippen molar-refractivity contribution >= 4 is 28.9 Å². The zero-order valence-corrected chi connectivity index (χ0v) is 11.3. The standard InChI is InChI=1S/C12H12Cl2FN3/c1-2-18-4-3-16-11(18)7-17-8-5-9(13)12(15)10(14)6-8/h3-6,17H,2,7H2,1H3. The molecule has 0 aliphatic heterocycles. The van der Waals surface area contributed by atoms with Crippen LogP contribution < -0.4 is 5.32 Å². The van der Waals surface area contributed by atoms with Crippen LogP contribution in [0.2, 0.25) is 10.0 Å². The van der Waals surface area contributed by atoms with Gasteiger partial charge in [-0.3, -0.25) is 0 Å². The lowest BCUT2D eigenvalue weighted by molar-refractivity contribution is 0.629. The maximum absolute atomic E-state index is 13.2. The Labute approximate surface area is 115 Å². The summed E-state index contributed by atoms with van der Waals surface area (Å²) in [6.45, 7) is 3.41. The van der Waals surface area contributed by atoms with Crippen LogP contribution in [0, 0.1) is 5.82 Å². The van der Waals surface area contributed by atoms with Gasteiger partial charge in [0, 0.05) is 24.6 Å². The van der Waals surface area contributed by atoms with E-state index in [1.54, 1.807) is 6.20 Å². The van der Waals surface area contributed by atoms with Crippen LogP contribution in [0.25, 0.3) is 0 Å². The summed E-state index contributed by atoms with van der Waals surface area (Å²) in [5.74, 6) is 0.299. The Hall–Kier alpha value is -1.26. The number of aryl methyl sites for hydroxylation is 1. The highest BCUT2D eigenvalue weighted by Crippen LogP contribution is 2.27. The van der Waals surface area contributed by atoms with Gasteiger partial charge >= 0.3 is 0 Å². The molecule has 0 fully saturated rings. The molecule has 0 unspecified atom stereocenters. The van der Waals surface area contributed by atoms with Crippen molar-refractivity contribution in [2.24, 2.45) is 0 Å². The molecular weight excluding hydrogens is 276 g/mol. The zero-order valence-electron chi connectivity index (χ0n) is 9.75. The van der Waals surface area contributed by atoms with Crippen molar-refractivity contribution in [1.82, 2.24) is 9.55 Å². The Bertz CT molecular complexity index is 531. The summed E-state index contributed by atoms with van der Waals surface area (Å²) in [6, 6.07) is 3.00. The zero-order chi connectivity index (χ0) is 13.1. The summed E-state index contributed by atoms with van der Waals surface area (Å²) in [7, 11) is 0. The summed E-state index contributed by atoms with van der Waals surface area (Å²) in [6.07, 6.45) is 3.65. The van der Waals surface area contributed by atoms with Crippen LogP contribution in [0.15, 0.2) is 24.5 Å². The van der Waals surface area contributed by atoms with E-state index in [-0.39, 0.29) is 10.0 Å². The number of nitrogens with zero attached hydrogens (tertiary/aromatic N) is 2. The minimum absolute atomic E-state index is 0.00355. The molecule has 0 radical (unpaired) electrons. The van der Waals surface area contributed by atoms with Crippen LogP contribution in [-0.2, 0) is 13.1 Å². The molecule has 6 heteroatoms. The van der Waals surface area contributed by atoms with Crippen LogP contribution in [0.4, 0.5) is 10.1 Å². The number of hydrogen-bond acceptors (Lipinski definition) is 2. The van der Waals surface area contributed by atoms with E-state index in [4.69, 9.17) is 23.2 Å². The van der Waals surface area contributed by atoms with Crippen LogP contribution in [0.5, 0.6) is 0 Å². The molecule has 0 atom stereocenters. The molecule has 3 nitrogen and oxygen atoms in total. The van der Waals surface area contributed by atoms with Gasteiger partial charge in [0.25, 0.3) is 0 Å². The fourth-order valence-electron chi connectivity index (χ4n) is 1.63. The molecule has 0 aliphatic carbocycles. The molecule has 0 spiro atoms. The lowest BCUT2D eigenvalue weighted by Crippen LogP contribution is -2.07. The highest BCUT2D eigenvalue weighted by Gasteiger charge is 2.08. The summed E-state index contributed by atoms with van der Waals surface area (Å²) < 4.78 is 15.2. The van der Waals surface area contributed by atoms with Gasteiger partial charge in [0.1, 0.15) is 5.82 Å². The average Bonchev–Trinajstić information content (AvgIpc) is 2.80. The summed E-state index contributed by atoms with van der Waals surface area (Å²) in [5.41, 5.74) is 0.664. The van der Waals surface area contributed by atoms with Crippen LogP contribution in [0.1, 0.15) is 12.7 Å². The summed E-state index contributed by atoms with van der Waals surface area (Å²) in [4.78, 5) is 4.22. The number of rotatable bonds is 4. The first-order chi connectivity index (χ1) is 8.61. The number of anilines is 1. The third kappa shape index (κ3) is 2.76. The normalized spacial score (nSPS) is 10.7. The second-order valence-electron chi connectivity index (χ2n) is 3.74. The van der Waals surface area contributed by atoms with E-state index in [2.05, 4.69) is 10.3 Å². The highest BCUT2D eigenvalue weighted by molar-refractivity contribution is 6.35. The summed E-state index contributed by atoms with van der Waals surface area (Å²) >= 11 is 11.4. The van der Waals surface area contributed by atoms with E-state index in [9.17, 15) is 4.39 Å². The Morgan fingerprint density at radius 1 is 1.33 bits per heavy atom. The molecule has 1 aromatic heterocycles. The van der Waals surface area contributed by atoms with Crippen molar-refractivity contribution in [3.63, 3.8) is 0 Å². The summed E-state index contributed by atoms with van der Waals surface area (Å²) in [5, 5.41) is 3.12. The van der Waals surface area contributed by atoms with E-state index in [1.807, 2.05) is 17.7 Å². The largest absolute Gasteiger partial charge is 0.378 e. The van der Waals surface area contributed by atoms with Crippen molar-refractivity contribution in [3.8, 4) is 0 Å². The lowest BCUT2D eigenvalue weighted by atomic mass is 10.3. The minimum Gasteiger partial charge on any atom is -0.378 e. The molecule has 0 saturated carbocycles. The van der Waals surface area contributed by atoms with Gasteiger partial charge in [-0.25, -0.2) is 9.37 Å². The number of imidazole rings is 1. The topological polar surface area (TPSA) is 29.9 Å². The van der Waals surface area contributed by atoms with Gasteiger partial charge in [0.15, 0.2) is 5.82 Å². The predicted octanol–water partition coefficient (Wildman–Crippen LogP) is 3.96. The molecule has 2 rings (SSSR count). The molecule has 18 heavy (non-hydrogen) atoms.